The fourth-order valence-electron chi connectivity index (χ4n) is 2.79. The van der Waals surface area contributed by atoms with Crippen molar-refractivity contribution in [3.05, 3.63) is 52.3 Å². The number of amides is 1. The normalized spacial score (nSPS) is 11.8. The van der Waals surface area contributed by atoms with E-state index >= 15 is 0 Å². The molecule has 1 amide bonds. The molecule has 1 N–H and O–H groups in total. The van der Waals surface area contributed by atoms with Crippen LogP contribution >= 0.6 is 23.1 Å². The molecule has 1 aromatic carbocycles. The van der Waals surface area contributed by atoms with E-state index in [-0.39, 0.29) is 40.1 Å². The number of carbonyl (C=O) groups is 1. The minimum absolute atomic E-state index is 0.170. The number of aromatic nitrogens is 6. The second-order valence-electron chi connectivity index (χ2n) is 6.09. The maximum atomic E-state index is 12.8. The molecule has 9 nitrogen and oxygen atoms in total. The van der Waals surface area contributed by atoms with Crippen LogP contribution in [-0.4, -0.2) is 41.0 Å². The standard InChI is InChI=1S/C17H12F3N7O2S2/c1-2-7-26-12(29)9-5-3-4-6-10(9)27-15(26)24-25-16(27)30-8-11(28)21-14-23-22-13(31-14)17(18,19)20/h2-6H,1,7-8H2,(H,21,23,28). The van der Waals surface area contributed by atoms with Gasteiger partial charge in [-0.05, 0) is 12.1 Å². The molecule has 0 atom stereocenters. The first-order valence-electron chi connectivity index (χ1n) is 8.60. The lowest BCUT2D eigenvalue weighted by Gasteiger charge is -2.09. The number of nitrogens with one attached hydrogen (secondary N) is 1. The van der Waals surface area contributed by atoms with Gasteiger partial charge in [-0.1, -0.05) is 41.3 Å². The second-order valence-corrected chi connectivity index (χ2v) is 8.01. The molecule has 0 aliphatic heterocycles. The Labute approximate surface area is 179 Å². The number of halogens is 3. The quantitative estimate of drug-likeness (QED) is 0.343. The van der Waals surface area contributed by atoms with Crippen molar-refractivity contribution in [2.45, 2.75) is 17.9 Å². The zero-order valence-corrected chi connectivity index (χ0v) is 17.1. The van der Waals surface area contributed by atoms with Gasteiger partial charge in [0.25, 0.3) is 5.56 Å². The van der Waals surface area contributed by atoms with Crippen LogP contribution in [0.2, 0.25) is 0 Å². The van der Waals surface area contributed by atoms with Gasteiger partial charge in [0.15, 0.2) is 5.16 Å². The van der Waals surface area contributed by atoms with Crippen LogP contribution in [0.25, 0.3) is 16.7 Å². The number of rotatable bonds is 6. The maximum Gasteiger partial charge on any atom is 0.445 e. The third-order valence-electron chi connectivity index (χ3n) is 4.04. The van der Waals surface area contributed by atoms with Crippen molar-refractivity contribution in [2.75, 3.05) is 11.1 Å². The predicted molar refractivity (Wildman–Crippen MR) is 109 cm³/mol. The molecule has 3 aromatic heterocycles. The molecule has 0 saturated carbocycles. The first-order valence-corrected chi connectivity index (χ1v) is 10.4. The summed E-state index contributed by atoms with van der Waals surface area (Å²) in [6, 6.07) is 6.89. The lowest BCUT2D eigenvalue weighted by Crippen LogP contribution is -2.22. The Balaban J connectivity index is 1.61. The van der Waals surface area contributed by atoms with Gasteiger partial charge in [-0.25, -0.2) is 0 Å². The minimum atomic E-state index is -4.63. The summed E-state index contributed by atoms with van der Waals surface area (Å²) in [4.78, 5) is 24.9. The van der Waals surface area contributed by atoms with E-state index in [1.54, 1.807) is 34.7 Å². The molecular formula is C17H12F3N7O2S2. The van der Waals surface area contributed by atoms with Crippen molar-refractivity contribution in [2.24, 2.45) is 0 Å². The number of hydrogen-bond acceptors (Lipinski definition) is 8. The molecule has 0 fully saturated rings. The predicted octanol–water partition coefficient (Wildman–Crippen LogP) is 2.83. The van der Waals surface area contributed by atoms with Crippen LogP contribution in [0.5, 0.6) is 0 Å². The Bertz CT molecular complexity index is 1360. The summed E-state index contributed by atoms with van der Waals surface area (Å²) in [5.41, 5.74) is 0.316. The fraction of sp³-hybridized carbons (Fsp3) is 0.176. The van der Waals surface area contributed by atoms with Gasteiger partial charge >= 0.3 is 6.18 Å². The van der Waals surface area contributed by atoms with Gasteiger partial charge in [-0.3, -0.25) is 23.9 Å². The van der Waals surface area contributed by atoms with E-state index in [9.17, 15) is 22.8 Å². The molecule has 3 heterocycles. The van der Waals surface area contributed by atoms with Gasteiger partial charge in [-0.2, -0.15) is 13.2 Å². The van der Waals surface area contributed by atoms with E-state index in [4.69, 9.17) is 0 Å². The molecule has 160 valence electrons. The Morgan fingerprint density at radius 2 is 2.00 bits per heavy atom. The van der Waals surface area contributed by atoms with Crippen molar-refractivity contribution in [1.82, 2.24) is 29.4 Å². The molecule has 0 aliphatic carbocycles. The molecular weight excluding hydrogens is 455 g/mol. The Morgan fingerprint density at radius 3 is 2.71 bits per heavy atom. The number of hydrogen-bond donors (Lipinski definition) is 1. The van der Waals surface area contributed by atoms with Crippen LogP contribution in [0.3, 0.4) is 0 Å². The highest BCUT2D eigenvalue weighted by molar-refractivity contribution is 7.99. The van der Waals surface area contributed by atoms with Crippen LogP contribution in [0, 0.1) is 0 Å². The summed E-state index contributed by atoms with van der Waals surface area (Å²) in [5, 5.41) is 16.1. The van der Waals surface area contributed by atoms with E-state index in [0.717, 1.165) is 11.8 Å². The third-order valence-corrected chi connectivity index (χ3v) is 5.85. The van der Waals surface area contributed by atoms with Gasteiger partial charge in [0, 0.05) is 6.54 Å². The lowest BCUT2D eigenvalue weighted by atomic mass is 10.2. The van der Waals surface area contributed by atoms with Gasteiger partial charge in [0.1, 0.15) is 0 Å². The number of fused-ring (bicyclic) bond motifs is 3. The molecule has 31 heavy (non-hydrogen) atoms. The van der Waals surface area contributed by atoms with Crippen molar-refractivity contribution in [3.63, 3.8) is 0 Å². The maximum absolute atomic E-state index is 12.8. The zero-order valence-electron chi connectivity index (χ0n) is 15.5. The van der Waals surface area contributed by atoms with Crippen LogP contribution in [-0.2, 0) is 17.5 Å². The van der Waals surface area contributed by atoms with Gasteiger partial charge in [0.05, 0.1) is 16.7 Å². The SMILES string of the molecule is C=CCn1c(=O)c2ccccc2n2c(SCC(=O)Nc3nnc(C(F)(F)F)s3)nnc12. The molecule has 0 aliphatic rings. The van der Waals surface area contributed by atoms with Crippen molar-refractivity contribution >= 4 is 50.8 Å². The number of alkyl halides is 3. The Kier molecular flexibility index (Phi) is 5.49. The van der Waals surface area contributed by atoms with E-state index in [2.05, 4.69) is 32.3 Å². The van der Waals surface area contributed by atoms with E-state index in [0.29, 0.717) is 16.1 Å². The number of thioether (sulfide) groups is 1. The van der Waals surface area contributed by atoms with Gasteiger partial charge in [-0.15, -0.1) is 27.0 Å². The van der Waals surface area contributed by atoms with E-state index in [1.165, 1.54) is 4.57 Å². The number of allylic oxidation sites excluding steroid dienone is 1. The highest BCUT2D eigenvalue weighted by atomic mass is 32.2. The van der Waals surface area contributed by atoms with Crippen LogP contribution in [0.4, 0.5) is 18.3 Å². The van der Waals surface area contributed by atoms with E-state index in [1.807, 2.05) is 0 Å². The van der Waals surface area contributed by atoms with Crippen LogP contribution in [0.1, 0.15) is 5.01 Å². The number of carbonyl (C=O) groups excluding carboxylic acids is 1. The summed E-state index contributed by atoms with van der Waals surface area (Å²) in [6.07, 6.45) is -3.07. The number of benzene rings is 1. The molecule has 0 bridgehead atoms. The number of nitrogens with zero attached hydrogens (tertiary/aromatic N) is 6. The Hall–Kier alpha value is -3.26. The first kappa shape index (κ1) is 21.0. The molecule has 0 radical (unpaired) electrons. The largest absolute Gasteiger partial charge is 0.445 e. The zero-order chi connectivity index (χ0) is 22.2. The average molecular weight is 467 g/mol. The number of anilines is 1. The fourth-order valence-corrected chi connectivity index (χ4v) is 4.16. The molecule has 14 heteroatoms. The molecule has 0 spiro atoms. The highest BCUT2D eigenvalue weighted by Gasteiger charge is 2.35. The average Bonchev–Trinajstić information content (AvgIpc) is 3.37. The van der Waals surface area contributed by atoms with Crippen molar-refractivity contribution in [1.29, 1.82) is 0 Å². The summed E-state index contributed by atoms with van der Waals surface area (Å²) >= 11 is 1.25. The summed E-state index contributed by atoms with van der Waals surface area (Å²) in [6.45, 7) is 3.87. The highest BCUT2D eigenvalue weighted by Crippen LogP contribution is 2.33. The summed E-state index contributed by atoms with van der Waals surface area (Å²) < 4.78 is 40.9. The molecule has 0 saturated heterocycles. The molecule has 0 unspecified atom stereocenters. The third kappa shape index (κ3) is 4.03. The van der Waals surface area contributed by atoms with Gasteiger partial charge in [0.2, 0.25) is 21.8 Å². The smallest absolute Gasteiger partial charge is 0.300 e. The Morgan fingerprint density at radius 1 is 1.23 bits per heavy atom. The second kappa shape index (κ2) is 8.11. The summed E-state index contributed by atoms with van der Waals surface area (Å²) in [7, 11) is 0. The lowest BCUT2D eigenvalue weighted by molar-refractivity contribution is -0.138. The van der Waals surface area contributed by atoms with Gasteiger partial charge < -0.3 is 0 Å². The van der Waals surface area contributed by atoms with Crippen LogP contribution in [0.15, 0.2) is 46.9 Å². The van der Waals surface area contributed by atoms with Crippen molar-refractivity contribution < 1.29 is 18.0 Å². The topological polar surface area (TPSA) is 107 Å². The molecule has 4 aromatic rings. The van der Waals surface area contributed by atoms with E-state index < -0.39 is 17.1 Å². The monoisotopic (exact) mass is 467 g/mol. The summed E-state index contributed by atoms with van der Waals surface area (Å²) in [5.74, 6) is -0.475. The van der Waals surface area contributed by atoms with Crippen LogP contribution < -0.4 is 10.9 Å². The molecule has 4 rings (SSSR count). The first-order chi connectivity index (χ1) is 14.8. The van der Waals surface area contributed by atoms with Crippen molar-refractivity contribution in [3.8, 4) is 0 Å². The minimum Gasteiger partial charge on any atom is -0.300 e. The number of para-hydroxylation sites is 1.